The molecule has 0 spiro atoms. The van der Waals surface area contributed by atoms with E-state index in [1.54, 1.807) is 6.92 Å². The van der Waals surface area contributed by atoms with E-state index in [9.17, 15) is 13.2 Å². The molecular formula is C11H17F3N2. The van der Waals surface area contributed by atoms with E-state index in [-0.39, 0.29) is 6.42 Å². The molecule has 0 bridgehead atoms. The van der Waals surface area contributed by atoms with Gasteiger partial charge in [-0.05, 0) is 20.3 Å². The van der Waals surface area contributed by atoms with Crippen LogP contribution < -0.4 is 5.73 Å². The summed E-state index contributed by atoms with van der Waals surface area (Å²) in [6.07, 6.45) is -2.19. The molecule has 0 fully saturated rings. The molecule has 0 aromatic rings. The Hall–Kier alpha value is -1.10. The summed E-state index contributed by atoms with van der Waals surface area (Å²) in [4.78, 5) is 3.81. The second-order valence-electron chi connectivity index (χ2n) is 3.70. The SMILES string of the molecule is C=CN=C(C)[C@@](C)(N)/C=C(\CC)C(F)(F)F. The van der Waals surface area contributed by atoms with Crippen LogP contribution >= 0.6 is 0 Å². The molecule has 0 aromatic carbocycles. The van der Waals surface area contributed by atoms with Gasteiger partial charge >= 0.3 is 6.18 Å². The van der Waals surface area contributed by atoms with E-state index < -0.39 is 17.3 Å². The van der Waals surface area contributed by atoms with Crippen molar-refractivity contribution in [3.05, 3.63) is 24.4 Å². The molecule has 0 aliphatic carbocycles. The Morgan fingerprint density at radius 2 is 1.94 bits per heavy atom. The summed E-state index contributed by atoms with van der Waals surface area (Å²) in [5.74, 6) is 0. The summed E-state index contributed by atoms with van der Waals surface area (Å²) >= 11 is 0. The maximum Gasteiger partial charge on any atom is 0.412 e. The monoisotopic (exact) mass is 234 g/mol. The lowest BCUT2D eigenvalue weighted by molar-refractivity contribution is -0.0939. The van der Waals surface area contributed by atoms with E-state index in [0.29, 0.717) is 5.71 Å². The predicted octanol–water partition coefficient (Wildman–Crippen LogP) is 3.21. The van der Waals surface area contributed by atoms with Crippen molar-refractivity contribution in [2.45, 2.75) is 38.9 Å². The number of alkyl halides is 3. The normalized spacial score (nSPS) is 18.2. The Morgan fingerprint density at radius 3 is 2.25 bits per heavy atom. The van der Waals surface area contributed by atoms with Gasteiger partial charge in [0.05, 0.1) is 5.54 Å². The third-order valence-corrected chi connectivity index (χ3v) is 2.28. The quantitative estimate of drug-likeness (QED) is 0.588. The molecule has 0 heterocycles. The van der Waals surface area contributed by atoms with Gasteiger partial charge in [-0.15, -0.1) is 0 Å². The molecule has 5 heteroatoms. The molecule has 0 aromatic heterocycles. The summed E-state index contributed by atoms with van der Waals surface area (Å²) in [5, 5.41) is 0. The zero-order valence-electron chi connectivity index (χ0n) is 9.73. The minimum absolute atomic E-state index is 0.113. The van der Waals surface area contributed by atoms with E-state index >= 15 is 0 Å². The van der Waals surface area contributed by atoms with Crippen LogP contribution in [-0.4, -0.2) is 17.4 Å². The Labute approximate surface area is 93.7 Å². The van der Waals surface area contributed by atoms with Gasteiger partial charge in [-0.25, -0.2) is 0 Å². The number of halogens is 3. The Kier molecular flexibility index (Phi) is 4.93. The van der Waals surface area contributed by atoms with E-state index in [2.05, 4.69) is 11.6 Å². The lowest BCUT2D eigenvalue weighted by Gasteiger charge is -2.22. The molecule has 0 aliphatic heterocycles. The van der Waals surface area contributed by atoms with Crippen LogP contribution in [0.5, 0.6) is 0 Å². The van der Waals surface area contributed by atoms with Gasteiger partial charge in [-0.3, -0.25) is 4.99 Å². The van der Waals surface area contributed by atoms with Gasteiger partial charge in [-0.1, -0.05) is 19.6 Å². The molecule has 0 saturated carbocycles. The highest BCUT2D eigenvalue weighted by Gasteiger charge is 2.34. The first-order valence-electron chi connectivity index (χ1n) is 4.88. The first-order valence-corrected chi connectivity index (χ1v) is 4.88. The summed E-state index contributed by atoms with van der Waals surface area (Å²) < 4.78 is 37.5. The molecular weight excluding hydrogens is 217 g/mol. The van der Waals surface area contributed by atoms with Crippen LogP contribution in [-0.2, 0) is 0 Å². The second kappa shape index (κ2) is 5.30. The highest BCUT2D eigenvalue weighted by Crippen LogP contribution is 2.29. The lowest BCUT2D eigenvalue weighted by atomic mass is 9.93. The van der Waals surface area contributed by atoms with Gasteiger partial charge < -0.3 is 5.73 Å². The number of nitrogens with two attached hydrogens (primary N) is 1. The van der Waals surface area contributed by atoms with Gasteiger partial charge in [-0.2, -0.15) is 13.2 Å². The van der Waals surface area contributed by atoms with Crippen molar-refractivity contribution in [2.24, 2.45) is 10.7 Å². The van der Waals surface area contributed by atoms with E-state index in [4.69, 9.17) is 5.73 Å². The summed E-state index contributed by atoms with van der Waals surface area (Å²) in [6, 6.07) is 0. The number of allylic oxidation sites excluding steroid dienone is 1. The first-order chi connectivity index (χ1) is 7.15. The molecule has 0 amide bonds. The molecule has 2 N–H and O–H groups in total. The van der Waals surface area contributed by atoms with E-state index in [1.165, 1.54) is 20.0 Å². The van der Waals surface area contributed by atoms with Crippen molar-refractivity contribution in [1.29, 1.82) is 0 Å². The van der Waals surface area contributed by atoms with Gasteiger partial charge in [0.15, 0.2) is 0 Å². The highest BCUT2D eigenvalue weighted by molar-refractivity contribution is 5.93. The number of hydrogen-bond donors (Lipinski definition) is 1. The Bertz CT molecular complexity index is 312. The minimum Gasteiger partial charge on any atom is -0.317 e. The third-order valence-electron chi connectivity index (χ3n) is 2.28. The zero-order valence-corrected chi connectivity index (χ0v) is 9.73. The molecule has 0 rings (SSSR count). The van der Waals surface area contributed by atoms with Gasteiger partial charge in [0, 0.05) is 17.5 Å². The number of aliphatic imine (C=N–C) groups is 1. The van der Waals surface area contributed by atoms with Crippen LogP contribution in [0.15, 0.2) is 29.4 Å². The third kappa shape index (κ3) is 4.18. The van der Waals surface area contributed by atoms with Crippen LogP contribution in [0.4, 0.5) is 13.2 Å². The standard InChI is InChI=1S/C11H17F3N2/c1-5-9(11(12,13)14)7-10(4,15)8(3)16-6-2/h6-7H,2,5,15H2,1,3-4H3/b9-7+,16-8?/t10-/m0/s1. The van der Waals surface area contributed by atoms with Gasteiger partial charge in [0.25, 0.3) is 0 Å². The van der Waals surface area contributed by atoms with Crippen molar-refractivity contribution in [3.63, 3.8) is 0 Å². The fourth-order valence-corrected chi connectivity index (χ4v) is 1.13. The Morgan fingerprint density at radius 1 is 1.44 bits per heavy atom. The fraction of sp³-hybridized carbons (Fsp3) is 0.545. The average Bonchev–Trinajstić information content (AvgIpc) is 2.12. The second-order valence-corrected chi connectivity index (χ2v) is 3.70. The van der Waals surface area contributed by atoms with E-state index in [1.807, 2.05) is 0 Å². The van der Waals surface area contributed by atoms with Crippen molar-refractivity contribution >= 4 is 5.71 Å². The number of rotatable bonds is 4. The van der Waals surface area contributed by atoms with Crippen molar-refractivity contribution in [2.75, 3.05) is 0 Å². The fourth-order valence-electron chi connectivity index (χ4n) is 1.13. The largest absolute Gasteiger partial charge is 0.412 e. The summed E-state index contributed by atoms with van der Waals surface area (Å²) in [5.41, 5.74) is 4.30. The summed E-state index contributed by atoms with van der Waals surface area (Å²) in [6.45, 7) is 7.87. The van der Waals surface area contributed by atoms with Crippen LogP contribution in [0.1, 0.15) is 27.2 Å². The predicted molar refractivity (Wildman–Crippen MR) is 60.3 cm³/mol. The minimum atomic E-state index is -4.34. The highest BCUT2D eigenvalue weighted by atomic mass is 19.4. The first kappa shape index (κ1) is 14.9. The molecule has 0 aliphatic rings. The number of nitrogens with zero attached hydrogens (tertiary/aromatic N) is 1. The molecule has 0 radical (unpaired) electrons. The van der Waals surface area contributed by atoms with Crippen LogP contribution in [0.3, 0.4) is 0 Å². The average molecular weight is 234 g/mol. The van der Waals surface area contributed by atoms with E-state index in [0.717, 1.165) is 6.08 Å². The van der Waals surface area contributed by atoms with Crippen molar-refractivity contribution in [3.8, 4) is 0 Å². The summed E-state index contributed by atoms with van der Waals surface area (Å²) in [7, 11) is 0. The lowest BCUT2D eigenvalue weighted by Crippen LogP contribution is -2.42. The van der Waals surface area contributed by atoms with Gasteiger partial charge in [0.1, 0.15) is 0 Å². The molecule has 0 unspecified atom stereocenters. The zero-order chi connectivity index (χ0) is 13.0. The molecule has 0 saturated heterocycles. The van der Waals surface area contributed by atoms with Gasteiger partial charge in [0.2, 0.25) is 0 Å². The van der Waals surface area contributed by atoms with Crippen molar-refractivity contribution < 1.29 is 13.2 Å². The van der Waals surface area contributed by atoms with Crippen LogP contribution in [0.25, 0.3) is 0 Å². The molecule has 16 heavy (non-hydrogen) atoms. The van der Waals surface area contributed by atoms with Crippen LogP contribution in [0, 0.1) is 0 Å². The Balaban J connectivity index is 5.25. The van der Waals surface area contributed by atoms with Crippen LogP contribution in [0.2, 0.25) is 0 Å². The number of hydrogen-bond acceptors (Lipinski definition) is 2. The molecule has 92 valence electrons. The maximum absolute atomic E-state index is 12.5. The molecule has 2 nitrogen and oxygen atoms in total. The van der Waals surface area contributed by atoms with Crippen molar-refractivity contribution in [1.82, 2.24) is 0 Å². The molecule has 1 atom stereocenters. The smallest absolute Gasteiger partial charge is 0.317 e. The topological polar surface area (TPSA) is 38.4 Å². The maximum atomic E-state index is 12.5.